The fourth-order valence-electron chi connectivity index (χ4n) is 1.07. The van der Waals surface area contributed by atoms with E-state index in [-0.39, 0.29) is 5.76 Å². The highest BCUT2D eigenvalue weighted by molar-refractivity contribution is 5.90. The molecule has 0 fully saturated rings. The number of carbonyl (C=O) groups is 1. The zero-order valence-corrected chi connectivity index (χ0v) is 7.07. The van der Waals surface area contributed by atoms with Crippen molar-refractivity contribution < 1.29 is 18.4 Å². The Balaban J connectivity index is 2.34. The van der Waals surface area contributed by atoms with Crippen LogP contribution in [-0.2, 0) is 4.74 Å². The van der Waals surface area contributed by atoms with Gasteiger partial charge in [-0.25, -0.2) is 4.79 Å². The molecule has 0 aliphatic carbocycles. The molecular weight excluding hydrogens is 172 g/mol. The summed E-state index contributed by atoms with van der Waals surface area (Å²) in [5.41, 5.74) is 1.12. The second kappa shape index (κ2) is 2.97. The molecule has 2 heterocycles. The van der Waals surface area contributed by atoms with Crippen LogP contribution in [0.25, 0.3) is 11.2 Å². The van der Waals surface area contributed by atoms with E-state index in [1.165, 1.54) is 12.3 Å². The first-order valence-corrected chi connectivity index (χ1v) is 3.95. The van der Waals surface area contributed by atoms with Gasteiger partial charge >= 0.3 is 5.97 Å². The smallest absolute Gasteiger partial charge is 0.374 e. The van der Waals surface area contributed by atoms with E-state index in [0.717, 1.165) is 0 Å². The maximum atomic E-state index is 11.2. The summed E-state index contributed by atoms with van der Waals surface area (Å²) in [4.78, 5) is 11.2. The summed E-state index contributed by atoms with van der Waals surface area (Å²) in [6.07, 6.45) is 1.50. The van der Waals surface area contributed by atoms with E-state index in [2.05, 4.69) is 0 Å². The summed E-state index contributed by atoms with van der Waals surface area (Å²) in [6, 6.07) is 3.17. The molecule has 2 aromatic heterocycles. The van der Waals surface area contributed by atoms with Crippen molar-refractivity contribution in [1.29, 1.82) is 0 Å². The standard InChI is InChI=1S/C9H8O4/c1-2-11-9(10)8-5-7-6(13-8)3-4-12-7/h3-5H,2H2,1H3. The molecule has 0 amide bonds. The third-order valence-electron chi connectivity index (χ3n) is 1.62. The molecule has 2 aromatic rings. The SMILES string of the molecule is CCOC(=O)c1cc2occc2o1. The minimum Gasteiger partial charge on any atom is -0.461 e. The van der Waals surface area contributed by atoms with Crippen LogP contribution in [0.2, 0.25) is 0 Å². The third-order valence-corrected chi connectivity index (χ3v) is 1.62. The van der Waals surface area contributed by atoms with Crippen molar-refractivity contribution in [2.24, 2.45) is 0 Å². The predicted molar refractivity (Wildman–Crippen MR) is 44.4 cm³/mol. The molecule has 0 radical (unpaired) electrons. The van der Waals surface area contributed by atoms with Gasteiger partial charge in [0.05, 0.1) is 12.9 Å². The third kappa shape index (κ3) is 1.30. The van der Waals surface area contributed by atoms with Crippen LogP contribution in [0.4, 0.5) is 0 Å². The normalized spacial score (nSPS) is 10.5. The van der Waals surface area contributed by atoms with Crippen molar-refractivity contribution >= 4 is 17.1 Å². The van der Waals surface area contributed by atoms with Crippen molar-refractivity contribution in [2.75, 3.05) is 6.61 Å². The van der Waals surface area contributed by atoms with Crippen molar-refractivity contribution in [3.63, 3.8) is 0 Å². The summed E-state index contributed by atoms with van der Waals surface area (Å²) in [5, 5.41) is 0. The van der Waals surface area contributed by atoms with E-state index < -0.39 is 5.97 Å². The van der Waals surface area contributed by atoms with E-state index in [1.807, 2.05) is 0 Å². The average molecular weight is 180 g/mol. The fourth-order valence-corrected chi connectivity index (χ4v) is 1.07. The summed E-state index contributed by atoms with van der Waals surface area (Å²) in [5.74, 6) is -0.287. The lowest BCUT2D eigenvalue weighted by atomic mass is 10.4. The van der Waals surface area contributed by atoms with E-state index in [1.54, 1.807) is 13.0 Å². The number of rotatable bonds is 2. The second-order valence-electron chi connectivity index (χ2n) is 2.48. The van der Waals surface area contributed by atoms with Gasteiger partial charge in [0.2, 0.25) is 5.76 Å². The summed E-state index contributed by atoms with van der Waals surface area (Å²) in [6.45, 7) is 2.08. The number of ether oxygens (including phenoxy) is 1. The minimum absolute atomic E-state index is 0.177. The van der Waals surface area contributed by atoms with Crippen LogP contribution in [-0.4, -0.2) is 12.6 Å². The molecule has 2 rings (SSSR count). The van der Waals surface area contributed by atoms with Gasteiger partial charge in [-0.3, -0.25) is 0 Å². The van der Waals surface area contributed by atoms with Crippen molar-refractivity contribution in [2.45, 2.75) is 6.92 Å². The summed E-state index contributed by atoms with van der Waals surface area (Å²) in [7, 11) is 0. The van der Waals surface area contributed by atoms with Gasteiger partial charge < -0.3 is 13.6 Å². The predicted octanol–water partition coefficient (Wildman–Crippen LogP) is 2.20. The molecule has 13 heavy (non-hydrogen) atoms. The van der Waals surface area contributed by atoms with E-state index in [9.17, 15) is 4.79 Å². The molecule has 0 spiro atoms. The monoisotopic (exact) mass is 180 g/mol. The lowest BCUT2D eigenvalue weighted by Crippen LogP contribution is -2.02. The first-order chi connectivity index (χ1) is 6.31. The van der Waals surface area contributed by atoms with Crippen molar-refractivity contribution in [3.05, 3.63) is 24.2 Å². The van der Waals surface area contributed by atoms with Crippen LogP contribution in [0.3, 0.4) is 0 Å². The first-order valence-electron chi connectivity index (χ1n) is 3.95. The second-order valence-corrected chi connectivity index (χ2v) is 2.48. The number of furan rings is 2. The van der Waals surface area contributed by atoms with Gasteiger partial charge in [-0.15, -0.1) is 0 Å². The zero-order valence-electron chi connectivity index (χ0n) is 7.07. The highest BCUT2D eigenvalue weighted by atomic mass is 16.5. The lowest BCUT2D eigenvalue weighted by molar-refractivity contribution is 0.0492. The number of hydrogen-bond donors (Lipinski definition) is 0. The van der Waals surface area contributed by atoms with Gasteiger partial charge in [0.1, 0.15) is 0 Å². The van der Waals surface area contributed by atoms with Gasteiger partial charge in [-0.05, 0) is 6.92 Å². The van der Waals surface area contributed by atoms with Crippen LogP contribution < -0.4 is 0 Å². The Kier molecular flexibility index (Phi) is 1.81. The average Bonchev–Trinajstić information content (AvgIpc) is 2.61. The molecule has 0 saturated heterocycles. The molecule has 0 atom stereocenters. The Labute approximate surface area is 74.1 Å². The Hall–Kier alpha value is -1.71. The highest BCUT2D eigenvalue weighted by Crippen LogP contribution is 2.20. The minimum atomic E-state index is -0.464. The molecule has 0 aliphatic heterocycles. The summed E-state index contributed by atoms with van der Waals surface area (Å²) < 4.78 is 14.9. The lowest BCUT2D eigenvalue weighted by Gasteiger charge is -1.95. The molecule has 0 aliphatic rings. The molecule has 4 heteroatoms. The molecule has 0 saturated carbocycles. The Bertz CT molecular complexity index is 395. The van der Waals surface area contributed by atoms with Gasteiger partial charge in [-0.1, -0.05) is 0 Å². The molecule has 0 N–H and O–H groups in total. The molecule has 0 unspecified atom stereocenters. The topological polar surface area (TPSA) is 52.6 Å². The van der Waals surface area contributed by atoms with E-state index >= 15 is 0 Å². The maximum absolute atomic E-state index is 11.2. The van der Waals surface area contributed by atoms with E-state index in [0.29, 0.717) is 17.8 Å². The fraction of sp³-hybridized carbons (Fsp3) is 0.222. The van der Waals surface area contributed by atoms with Crippen molar-refractivity contribution in [1.82, 2.24) is 0 Å². The van der Waals surface area contributed by atoms with Gasteiger partial charge in [0.25, 0.3) is 0 Å². The van der Waals surface area contributed by atoms with Gasteiger partial charge in [0, 0.05) is 12.1 Å². The molecular formula is C9H8O4. The molecule has 68 valence electrons. The molecule has 0 bridgehead atoms. The van der Waals surface area contributed by atoms with E-state index in [4.69, 9.17) is 13.6 Å². The first kappa shape index (κ1) is 7.91. The largest absolute Gasteiger partial charge is 0.461 e. The number of fused-ring (bicyclic) bond motifs is 1. The van der Waals surface area contributed by atoms with Gasteiger partial charge in [-0.2, -0.15) is 0 Å². The van der Waals surface area contributed by atoms with Crippen LogP contribution in [0, 0.1) is 0 Å². The van der Waals surface area contributed by atoms with Crippen molar-refractivity contribution in [3.8, 4) is 0 Å². The number of esters is 1. The molecule has 4 nitrogen and oxygen atoms in total. The molecule has 0 aromatic carbocycles. The van der Waals surface area contributed by atoms with Crippen LogP contribution in [0.1, 0.15) is 17.5 Å². The van der Waals surface area contributed by atoms with Gasteiger partial charge in [0.15, 0.2) is 11.2 Å². The van der Waals surface area contributed by atoms with Crippen LogP contribution in [0.5, 0.6) is 0 Å². The number of carbonyl (C=O) groups excluding carboxylic acids is 1. The highest BCUT2D eigenvalue weighted by Gasteiger charge is 2.14. The van der Waals surface area contributed by atoms with Crippen LogP contribution in [0.15, 0.2) is 27.2 Å². The van der Waals surface area contributed by atoms with Crippen LogP contribution >= 0.6 is 0 Å². The maximum Gasteiger partial charge on any atom is 0.374 e. The Morgan fingerprint density at radius 3 is 3.08 bits per heavy atom. The number of hydrogen-bond acceptors (Lipinski definition) is 4. The zero-order chi connectivity index (χ0) is 9.26. The quantitative estimate of drug-likeness (QED) is 0.665. The summed E-state index contributed by atoms with van der Waals surface area (Å²) >= 11 is 0. The Morgan fingerprint density at radius 1 is 1.54 bits per heavy atom. The Morgan fingerprint density at radius 2 is 2.38 bits per heavy atom.